The van der Waals surface area contributed by atoms with Crippen molar-refractivity contribution in [3.8, 4) is 0 Å². The monoisotopic (exact) mass is 274 g/mol. The first kappa shape index (κ1) is 13.4. The Labute approximate surface area is 119 Å². The van der Waals surface area contributed by atoms with Gasteiger partial charge in [-0.05, 0) is 25.0 Å². The Morgan fingerprint density at radius 3 is 2.90 bits per heavy atom. The van der Waals surface area contributed by atoms with Crippen LogP contribution in [0.3, 0.4) is 0 Å². The Hall–Kier alpha value is -1.59. The van der Waals surface area contributed by atoms with Crippen LogP contribution in [0.5, 0.6) is 0 Å². The molecule has 0 bridgehead atoms. The SMILES string of the molecule is NNC(Cc1ccn(C2CCCCC2)n1)c1ccoc1. The van der Waals surface area contributed by atoms with Crippen molar-refractivity contribution in [3.05, 3.63) is 42.1 Å². The summed E-state index contributed by atoms with van der Waals surface area (Å²) in [6.07, 6.45) is 12.8. The van der Waals surface area contributed by atoms with E-state index in [2.05, 4.69) is 22.4 Å². The van der Waals surface area contributed by atoms with Crippen molar-refractivity contribution in [2.75, 3.05) is 0 Å². The molecule has 1 atom stereocenters. The molecule has 0 amide bonds. The fraction of sp³-hybridized carbons (Fsp3) is 0.533. The van der Waals surface area contributed by atoms with Crippen LogP contribution in [0.1, 0.15) is 55.4 Å². The highest BCUT2D eigenvalue weighted by atomic mass is 16.3. The number of aromatic nitrogens is 2. The molecular formula is C15H22N4O. The van der Waals surface area contributed by atoms with E-state index in [0.29, 0.717) is 6.04 Å². The molecule has 3 N–H and O–H groups in total. The molecule has 1 saturated carbocycles. The molecule has 0 aromatic carbocycles. The van der Waals surface area contributed by atoms with Crippen molar-refractivity contribution >= 4 is 0 Å². The minimum Gasteiger partial charge on any atom is -0.472 e. The second-order valence-corrected chi connectivity index (χ2v) is 5.56. The minimum absolute atomic E-state index is 0.0449. The van der Waals surface area contributed by atoms with Crippen LogP contribution in [-0.4, -0.2) is 9.78 Å². The summed E-state index contributed by atoms with van der Waals surface area (Å²) >= 11 is 0. The van der Waals surface area contributed by atoms with Gasteiger partial charge in [0.2, 0.25) is 0 Å². The second-order valence-electron chi connectivity index (χ2n) is 5.56. The van der Waals surface area contributed by atoms with Crippen molar-refractivity contribution in [1.29, 1.82) is 0 Å². The molecule has 2 aromatic heterocycles. The van der Waals surface area contributed by atoms with Crippen molar-refractivity contribution in [1.82, 2.24) is 15.2 Å². The predicted octanol–water partition coefficient (Wildman–Crippen LogP) is 2.73. The third-order valence-corrected chi connectivity index (χ3v) is 4.17. The van der Waals surface area contributed by atoms with Crippen LogP contribution in [0.2, 0.25) is 0 Å². The van der Waals surface area contributed by atoms with Crippen LogP contribution in [0.4, 0.5) is 0 Å². The summed E-state index contributed by atoms with van der Waals surface area (Å²) in [6, 6.07) is 4.65. The molecule has 0 radical (unpaired) electrons. The highest BCUT2D eigenvalue weighted by Gasteiger charge is 2.18. The van der Waals surface area contributed by atoms with Crippen molar-refractivity contribution in [2.24, 2.45) is 5.84 Å². The van der Waals surface area contributed by atoms with Gasteiger partial charge in [0.15, 0.2) is 0 Å². The van der Waals surface area contributed by atoms with Gasteiger partial charge in [0.05, 0.1) is 30.3 Å². The molecule has 3 rings (SSSR count). The van der Waals surface area contributed by atoms with E-state index in [0.717, 1.165) is 17.7 Å². The molecule has 0 aliphatic heterocycles. The zero-order chi connectivity index (χ0) is 13.8. The van der Waals surface area contributed by atoms with Crippen molar-refractivity contribution in [2.45, 2.75) is 50.6 Å². The Bertz CT molecular complexity index is 514. The number of rotatable bonds is 5. The summed E-state index contributed by atoms with van der Waals surface area (Å²) in [5.41, 5.74) is 4.96. The average Bonchev–Trinajstić information content (AvgIpc) is 3.17. The molecule has 0 spiro atoms. The van der Waals surface area contributed by atoms with Gasteiger partial charge >= 0.3 is 0 Å². The summed E-state index contributed by atoms with van der Waals surface area (Å²) in [5.74, 6) is 5.64. The standard InChI is InChI=1S/C15H22N4O/c16-17-15(12-7-9-20-11-12)10-13-6-8-19(18-13)14-4-2-1-3-5-14/h6-9,11,14-15,17H,1-5,10,16H2. The molecule has 108 valence electrons. The van der Waals surface area contributed by atoms with Gasteiger partial charge in [0.1, 0.15) is 0 Å². The fourth-order valence-corrected chi connectivity index (χ4v) is 2.99. The molecule has 1 aliphatic carbocycles. The lowest BCUT2D eigenvalue weighted by Gasteiger charge is -2.21. The molecule has 1 aliphatic rings. The van der Waals surface area contributed by atoms with Gasteiger partial charge in [-0.1, -0.05) is 19.3 Å². The number of furan rings is 1. The minimum atomic E-state index is 0.0449. The summed E-state index contributed by atoms with van der Waals surface area (Å²) < 4.78 is 7.25. The van der Waals surface area contributed by atoms with E-state index in [1.807, 2.05) is 6.07 Å². The van der Waals surface area contributed by atoms with E-state index in [1.54, 1.807) is 12.5 Å². The van der Waals surface area contributed by atoms with E-state index in [1.165, 1.54) is 32.1 Å². The van der Waals surface area contributed by atoms with Crippen LogP contribution in [0, 0.1) is 0 Å². The summed E-state index contributed by atoms with van der Waals surface area (Å²) in [5, 5.41) is 4.72. The molecule has 5 heteroatoms. The van der Waals surface area contributed by atoms with Crippen LogP contribution < -0.4 is 11.3 Å². The number of hydrogen-bond donors (Lipinski definition) is 2. The molecular weight excluding hydrogens is 252 g/mol. The Morgan fingerprint density at radius 1 is 1.35 bits per heavy atom. The van der Waals surface area contributed by atoms with Gasteiger partial charge < -0.3 is 4.42 Å². The maximum atomic E-state index is 5.64. The summed E-state index contributed by atoms with van der Waals surface area (Å²) in [7, 11) is 0. The number of hydrogen-bond acceptors (Lipinski definition) is 4. The Morgan fingerprint density at radius 2 is 2.20 bits per heavy atom. The van der Waals surface area contributed by atoms with Crippen LogP contribution in [0.15, 0.2) is 35.3 Å². The van der Waals surface area contributed by atoms with Gasteiger partial charge in [0.25, 0.3) is 0 Å². The van der Waals surface area contributed by atoms with E-state index >= 15 is 0 Å². The fourth-order valence-electron chi connectivity index (χ4n) is 2.99. The molecule has 1 fully saturated rings. The van der Waals surface area contributed by atoms with E-state index in [-0.39, 0.29) is 6.04 Å². The Kier molecular flexibility index (Phi) is 4.18. The van der Waals surface area contributed by atoms with Gasteiger partial charge in [-0.25, -0.2) is 0 Å². The number of hydrazine groups is 1. The zero-order valence-corrected chi connectivity index (χ0v) is 11.7. The quantitative estimate of drug-likeness (QED) is 0.649. The van der Waals surface area contributed by atoms with E-state index < -0.39 is 0 Å². The largest absolute Gasteiger partial charge is 0.472 e. The third-order valence-electron chi connectivity index (χ3n) is 4.17. The lowest BCUT2D eigenvalue weighted by atomic mass is 9.96. The molecule has 2 aromatic rings. The lowest BCUT2D eigenvalue weighted by molar-refractivity contribution is 0.327. The zero-order valence-electron chi connectivity index (χ0n) is 11.7. The lowest BCUT2D eigenvalue weighted by Crippen LogP contribution is -2.29. The highest BCUT2D eigenvalue weighted by Crippen LogP contribution is 2.27. The first-order valence-electron chi connectivity index (χ1n) is 7.39. The third kappa shape index (κ3) is 2.94. The maximum absolute atomic E-state index is 5.64. The summed E-state index contributed by atoms with van der Waals surface area (Å²) in [4.78, 5) is 0. The van der Waals surface area contributed by atoms with E-state index in [9.17, 15) is 0 Å². The van der Waals surface area contributed by atoms with Crippen LogP contribution >= 0.6 is 0 Å². The summed E-state index contributed by atoms with van der Waals surface area (Å²) in [6.45, 7) is 0. The number of nitrogens with two attached hydrogens (primary N) is 1. The second kappa shape index (κ2) is 6.24. The van der Waals surface area contributed by atoms with E-state index in [4.69, 9.17) is 15.4 Å². The highest BCUT2D eigenvalue weighted by molar-refractivity contribution is 5.15. The van der Waals surface area contributed by atoms with Crippen molar-refractivity contribution in [3.63, 3.8) is 0 Å². The van der Waals surface area contributed by atoms with Crippen LogP contribution in [0.25, 0.3) is 0 Å². The molecule has 0 saturated heterocycles. The smallest absolute Gasteiger partial charge is 0.0951 e. The first-order valence-corrected chi connectivity index (χ1v) is 7.39. The number of nitrogens with zero attached hydrogens (tertiary/aromatic N) is 2. The van der Waals surface area contributed by atoms with Gasteiger partial charge in [-0.3, -0.25) is 16.0 Å². The van der Waals surface area contributed by atoms with Crippen molar-refractivity contribution < 1.29 is 4.42 Å². The van der Waals surface area contributed by atoms with Gasteiger partial charge in [0, 0.05) is 18.2 Å². The molecule has 1 unspecified atom stereocenters. The molecule has 2 heterocycles. The Balaban J connectivity index is 1.67. The topological polar surface area (TPSA) is 69.0 Å². The molecule has 20 heavy (non-hydrogen) atoms. The first-order chi connectivity index (χ1) is 9.86. The van der Waals surface area contributed by atoms with Gasteiger partial charge in [-0.15, -0.1) is 0 Å². The number of nitrogens with one attached hydrogen (secondary N) is 1. The molecule has 5 nitrogen and oxygen atoms in total. The average molecular weight is 274 g/mol. The normalized spacial score (nSPS) is 18.2. The van der Waals surface area contributed by atoms with Crippen LogP contribution in [-0.2, 0) is 6.42 Å². The van der Waals surface area contributed by atoms with Gasteiger partial charge in [-0.2, -0.15) is 5.10 Å². The maximum Gasteiger partial charge on any atom is 0.0951 e. The predicted molar refractivity (Wildman–Crippen MR) is 76.8 cm³/mol.